The van der Waals surface area contributed by atoms with Gasteiger partial charge in [0.25, 0.3) is 0 Å². The number of nitrogens with zero attached hydrogens (tertiary/aromatic N) is 1. The van der Waals surface area contributed by atoms with Crippen LogP contribution in [0.15, 0.2) is 0 Å². The maximum absolute atomic E-state index is 12.0. The lowest BCUT2D eigenvalue weighted by Gasteiger charge is -2.24. The Bertz CT molecular complexity index is 149. The molecule has 0 aromatic heterocycles. The zero-order valence-corrected chi connectivity index (χ0v) is 8.14. The van der Waals surface area contributed by atoms with Crippen molar-refractivity contribution >= 4 is 0 Å². The lowest BCUT2D eigenvalue weighted by Crippen LogP contribution is -2.40. The van der Waals surface area contributed by atoms with Gasteiger partial charge in [-0.2, -0.15) is 0 Å². The summed E-state index contributed by atoms with van der Waals surface area (Å²) >= 11 is 0. The summed E-state index contributed by atoms with van der Waals surface area (Å²) < 4.78 is 12.0. The molecule has 0 aromatic carbocycles. The highest BCUT2D eigenvalue weighted by atomic mass is 19.1. The molecule has 76 valence electrons. The first kappa shape index (κ1) is 9.41. The number of nitrogens with one attached hydrogen (secondary N) is 1. The first-order valence-corrected chi connectivity index (χ1v) is 5.42. The molecule has 0 saturated carbocycles. The highest BCUT2D eigenvalue weighted by molar-refractivity contribution is 4.91. The molecule has 2 aliphatic rings. The lowest BCUT2D eigenvalue weighted by atomic mass is 9.94. The molecule has 2 aliphatic heterocycles. The molecule has 2 fully saturated rings. The van der Waals surface area contributed by atoms with Crippen molar-refractivity contribution in [2.24, 2.45) is 5.92 Å². The molecular weight excluding hydrogens is 167 g/mol. The summed E-state index contributed by atoms with van der Waals surface area (Å²) in [7, 11) is 0. The third-order valence-corrected chi connectivity index (χ3v) is 3.28. The monoisotopic (exact) mass is 186 g/mol. The number of piperidine rings is 1. The van der Waals surface area contributed by atoms with Gasteiger partial charge in [-0.05, 0) is 31.7 Å². The Labute approximate surface area is 79.5 Å². The number of halogens is 1. The number of hydrogen-bond acceptors (Lipinski definition) is 2. The Morgan fingerprint density at radius 2 is 2.31 bits per heavy atom. The van der Waals surface area contributed by atoms with E-state index in [1.54, 1.807) is 0 Å². The van der Waals surface area contributed by atoms with E-state index < -0.39 is 0 Å². The van der Waals surface area contributed by atoms with Crippen LogP contribution >= 0.6 is 0 Å². The predicted molar refractivity (Wildman–Crippen MR) is 51.5 cm³/mol. The summed E-state index contributed by atoms with van der Waals surface area (Å²) in [5.41, 5.74) is 0. The van der Waals surface area contributed by atoms with Crippen molar-refractivity contribution in [3.8, 4) is 0 Å². The fourth-order valence-electron chi connectivity index (χ4n) is 2.60. The zero-order valence-electron chi connectivity index (χ0n) is 8.14. The summed E-state index contributed by atoms with van der Waals surface area (Å²) in [6.07, 6.45) is 3.39. The maximum atomic E-state index is 12.0. The third-order valence-electron chi connectivity index (χ3n) is 3.28. The smallest absolute Gasteiger partial charge is 0.0906 e. The average Bonchev–Trinajstić information content (AvgIpc) is 2.57. The van der Waals surface area contributed by atoms with E-state index in [9.17, 15) is 4.39 Å². The van der Waals surface area contributed by atoms with Crippen molar-refractivity contribution in [2.45, 2.75) is 25.3 Å². The highest BCUT2D eigenvalue weighted by Crippen LogP contribution is 2.24. The first-order chi connectivity index (χ1) is 6.40. The van der Waals surface area contributed by atoms with Crippen LogP contribution in [-0.2, 0) is 0 Å². The largest absolute Gasteiger partial charge is 0.312 e. The van der Waals surface area contributed by atoms with Gasteiger partial charge in [-0.3, -0.25) is 4.39 Å². The van der Waals surface area contributed by atoms with Crippen molar-refractivity contribution in [2.75, 3.05) is 32.9 Å². The maximum Gasteiger partial charge on any atom is 0.0906 e. The summed E-state index contributed by atoms with van der Waals surface area (Å²) in [6, 6.07) is 0.702. The van der Waals surface area contributed by atoms with E-state index in [1.165, 1.54) is 25.9 Å². The second-order valence-corrected chi connectivity index (χ2v) is 4.27. The van der Waals surface area contributed by atoms with Crippen LogP contribution in [0.3, 0.4) is 0 Å². The lowest BCUT2D eigenvalue weighted by molar-refractivity contribution is 0.299. The van der Waals surface area contributed by atoms with Crippen molar-refractivity contribution < 1.29 is 4.39 Å². The summed E-state index contributed by atoms with van der Waals surface area (Å²) in [5.74, 6) is 0.841. The van der Waals surface area contributed by atoms with E-state index in [-0.39, 0.29) is 6.67 Å². The number of fused-ring (bicyclic) bond motifs is 1. The molecule has 0 spiro atoms. The van der Waals surface area contributed by atoms with E-state index in [2.05, 4.69) is 10.2 Å². The number of likely N-dealkylation sites (tertiary alicyclic amines) is 1. The molecule has 0 amide bonds. The average molecular weight is 186 g/mol. The van der Waals surface area contributed by atoms with E-state index in [0.717, 1.165) is 19.0 Å². The fourth-order valence-corrected chi connectivity index (χ4v) is 2.60. The van der Waals surface area contributed by atoms with Gasteiger partial charge in [-0.25, -0.2) is 0 Å². The topological polar surface area (TPSA) is 15.3 Å². The third kappa shape index (κ3) is 2.20. The second-order valence-electron chi connectivity index (χ2n) is 4.27. The molecular formula is C10H19FN2. The van der Waals surface area contributed by atoms with Crippen LogP contribution in [0, 0.1) is 5.92 Å². The Balaban J connectivity index is 1.77. The van der Waals surface area contributed by atoms with Crippen molar-refractivity contribution in [1.29, 1.82) is 0 Å². The summed E-state index contributed by atoms with van der Waals surface area (Å²) in [4.78, 5) is 2.41. The minimum absolute atomic E-state index is 0.167. The van der Waals surface area contributed by atoms with Gasteiger partial charge in [0.2, 0.25) is 0 Å². The molecule has 2 nitrogen and oxygen atoms in total. The predicted octanol–water partition coefficient (Wildman–Crippen LogP) is 1.03. The quantitative estimate of drug-likeness (QED) is 0.708. The molecule has 13 heavy (non-hydrogen) atoms. The number of rotatable bonds is 3. The van der Waals surface area contributed by atoms with Gasteiger partial charge in [0.1, 0.15) is 0 Å². The van der Waals surface area contributed by atoms with Gasteiger partial charge >= 0.3 is 0 Å². The van der Waals surface area contributed by atoms with Crippen LogP contribution in [0.25, 0.3) is 0 Å². The summed E-state index contributed by atoms with van der Waals surface area (Å²) in [5, 5.41) is 3.55. The SMILES string of the molecule is FCCCN1C[C@H]2CCCN[C@H]2C1. The van der Waals surface area contributed by atoms with Gasteiger partial charge in [0.15, 0.2) is 0 Å². The van der Waals surface area contributed by atoms with Crippen LogP contribution in [0.5, 0.6) is 0 Å². The molecule has 2 rings (SSSR count). The first-order valence-electron chi connectivity index (χ1n) is 5.42. The molecule has 0 aliphatic carbocycles. The van der Waals surface area contributed by atoms with Gasteiger partial charge in [0, 0.05) is 25.7 Å². The molecule has 2 atom stereocenters. The van der Waals surface area contributed by atoms with E-state index in [0.29, 0.717) is 12.5 Å². The molecule has 0 bridgehead atoms. The minimum atomic E-state index is -0.167. The van der Waals surface area contributed by atoms with Crippen LogP contribution in [-0.4, -0.2) is 43.8 Å². The Hall–Kier alpha value is -0.150. The molecule has 0 radical (unpaired) electrons. The Morgan fingerprint density at radius 3 is 3.08 bits per heavy atom. The Kier molecular flexibility index (Phi) is 3.17. The van der Waals surface area contributed by atoms with Crippen LogP contribution in [0.2, 0.25) is 0 Å². The molecule has 2 heterocycles. The fraction of sp³-hybridized carbons (Fsp3) is 1.00. The molecule has 2 saturated heterocycles. The van der Waals surface area contributed by atoms with Crippen molar-refractivity contribution in [3.63, 3.8) is 0 Å². The summed E-state index contributed by atoms with van der Waals surface area (Å²) in [6.45, 7) is 4.30. The molecule has 0 aromatic rings. The van der Waals surface area contributed by atoms with E-state index >= 15 is 0 Å². The second kappa shape index (κ2) is 4.38. The molecule has 3 heteroatoms. The van der Waals surface area contributed by atoms with Gasteiger partial charge in [-0.1, -0.05) is 0 Å². The van der Waals surface area contributed by atoms with Crippen LogP contribution in [0.1, 0.15) is 19.3 Å². The van der Waals surface area contributed by atoms with E-state index in [1.807, 2.05) is 0 Å². The minimum Gasteiger partial charge on any atom is -0.312 e. The van der Waals surface area contributed by atoms with E-state index in [4.69, 9.17) is 0 Å². The molecule has 0 unspecified atom stereocenters. The van der Waals surface area contributed by atoms with Gasteiger partial charge in [-0.15, -0.1) is 0 Å². The normalized spacial score (nSPS) is 34.8. The van der Waals surface area contributed by atoms with Gasteiger partial charge < -0.3 is 10.2 Å². The van der Waals surface area contributed by atoms with Crippen LogP contribution < -0.4 is 5.32 Å². The number of alkyl halides is 1. The Morgan fingerprint density at radius 1 is 1.38 bits per heavy atom. The zero-order chi connectivity index (χ0) is 9.10. The highest BCUT2D eigenvalue weighted by Gasteiger charge is 2.33. The molecule has 1 N–H and O–H groups in total. The van der Waals surface area contributed by atoms with Crippen molar-refractivity contribution in [1.82, 2.24) is 10.2 Å². The van der Waals surface area contributed by atoms with Gasteiger partial charge in [0.05, 0.1) is 6.67 Å². The standard InChI is InChI=1S/C10H19FN2/c11-4-2-6-13-7-9-3-1-5-12-10(9)8-13/h9-10,12H,1-8H2/t9-,10+/m1/s1. The van der Waals surface area contributed by atoms with Crippen molar-refractivity contribution in [3.05, 3.63) is 0 Å². The number of hydrogen-bond donors (Lipinski definition) is 1. The van der Waals surface area contributed by atoms with Crippen LogP contribution in [0.4, 0.5) is 4.39 Å².